The third-order valence-corrected chi connectivity index (χ3v) is 4.37. The summed E-state index contributed by atoms with van der Waals surface area (Å²) in [5.41, 5.74) is 0.706. The monoisotopic (exact) mass is 361 g/mol. The lowest BCUT2D eigenvalue weighted by molar-refractivity contribution is -0.115. The van der Waals surface area contributed by atoms with Crippen LogP contribution in [0.4, 0.5) is 10.4 Å². The van der Waals surface area contributed by atoms with Gasteiger partial charge in [-0.2, -0.15) is 0 Å². The van der Waals surface area contributed by atoms with Gasteiger partial charge in [0.15, 0.2) is 0 Å². The molecule has 0 saturated carbocycles. The van der Waals surface area contributed by atoms with Gasteiger partial charge < -0.3 is 8.83 Å². The fourth-order valence-corrected chi connectivity index (χ4v) is 3.05. The van der Waals surface area contributed by atoms with Gasteiger partial charge in [-0.05, 0) is 44.2 Å². The SMILES string of the molecule is Cc1cc(-c2nnc(NC(=O)CCSc3ccc(F)cc3)o2)c(C)o1. The molecule has 6 nitrogen and oxygen atoms in total. The quantitative estimate of drug-likeness (QED) is 0.663. The minimum atomic E-state index is -0.280. The third kappa shape index (κ3) is 4.48. The number of hydrogen-bond donors (Lipinski definition) is 1. The molecule has 1 amide bonds. The molecule has 0 radical (unpaired) electrons. The van der Waals surface area contributed by atoms with E-state index in [2.05, 4.69) is 15.5 Å². The summed E-state index contributed by atoms with van der Waals surface area (Å²) in [7, 11) is 0. The number of halogens is 1. The molecular weight excluding hydrogens is 345 g/mol. The third-order valence-electron chi connectivity index (χ3n) is 3.35. The Morgan fingerprint density at radius 2 is 1.96 bits per heavy atom. The lowest BCUT2D eigenvalue weighted by Gasteiger charge is -2.01. The van der Waals surface area contributed by atoms with Crippen molar-refractivity contribution in [1.82, 2.24) is 10.2 Å². The molecule has 0 aliphatic heterocycles. The van der Waals surface area contributed by atoms with Crippen molar-refractivity contribution in [3.8, 4) is 11.5 Å². The van der Waals surface area contributed by atoms with Gasteiger partial charge in [0.1, 0.15) is 17.3 Å². The maximum atomic E-state index is 12.8. The van der Waals surface area contributed by atoms with Crippen LogP contribution in [0.3, 0.4) is 0 Å². The molecule has 0 bridgehead atoms. The number of thioether (sulfide) groups is 1. The Morgan fingerprint density at radius 1 is 1.20 bits per heavy atom. The number of rotatable bonds is 6. The van der Waals surface area contributed by atoms with E-state index in [0.717, 1.165) is 10.7 Å². The van der Waals surface area contributed by atoms with E-state index in [1.54, 1.807) is 25.1 Å². The molecule has 3 rings (SSSR count). The minimum absolute atomic E-state index is 0.0463. The van der Waals surface area contributed by atoms with Crippen molar-refractivity contribution in [3.63, 3.8) is 0 Å². The number of nitrogens with one attached hydrogen (secondary N) is 1. The van der Waals surface area contributed by atoms with Gasteiger partial charge in [0.05, 0.1) is 5.56 Å². The summed E-state index contributed by atoms with van der Waals surface area (Å²) in [6, 6.07) is 7.98. The Kier molecular flexibility index (Phi) is 5.18. The second-order valence-corrected chi connectivity index (χ2v) is 6.51. The highest BCUT2D eigenvalue weighted by atomic mass is 32.2. The van der Waals surface area contributed by atoms with Crippen LogP contribution in [-0.4, -0.2) is 21.9 Å². The Labute approximate surface area is 147 Å². The van der Waals surface area contributed by atoms with Gasteiger partial charge in [-0.3, -0.25) is 10.1 Å². The zero-order valence-corrected chi connectivity index (χ0v) is 14.5. The molecule has 0 aliphatic carbocycles. The van der Waals surface area contributed by atoms with E-state index in [4.69, 9.17) is 8.83 Å². The number of carbonyl (C=O) groups is 1. The van der Waals surface area contributed by atoms with Crippen LogP contribution in [0.2, 0.25) is 0 Å². The average molecular weight is 361 g/mol. The van der Waals surface area contributed by atoms with E-state index < -0.39 is 0 Å². The van der Waals surface area contributed by atoms with E-state index in [0.29, 0.717) is 23.0 Å². The number of benzene rings is 1. The highest BCUT2D eigenvalue weighted by Crippen LogP contribution is 2.26. The smallest absolute Gasteiger partial charge is 0.322 e. The number of furan rings is 1. The van der Waals surface area contributed by atoms with Crippen molar-refractivity contribution in [2.75, 3.05) is 11.1 Å². The molecule has 1 N–H and O–H groups in total. The van der Waals surface area contributed by atoms with Gasteiger partial charge in [0.2, 0.25) is 5.91 Å². The summed E-state index contributed by atoms with van der Waals surface area (Å²) in [5, 5.41) is 10.3. The first-order chi connectivity index (χ1) is 12.0. The molecule has 0 saturated heterocycles. The molecule has 2 heterocycles. The van der Waals surface area contributed by atoms with Crippen molar-refractivity contribution >= 4 is 23.7 Å². The number of carbonyl (C=O) groups excluding carboxylic acids is 1. The maximum absolute atomic E-state index is 12.8. The zero-order valence-electron chi connectivity index (χ0n) is 13.7. The van der Waals surface area contributed by atoms with Crippen LogP contribution >= 0.6 is 11.8 Å². The van der Waals surface area contributed by atoms with Crippen molar-refractivity contribution < 1.29 is 18.0 Å². The standard InChI is InChI=1S/C17H16FN3O3S/c1-10-9-14(11(2)23-10)16-20-21-17(24-16)19-15(22)7-8-25-13-5-3-12(18)4-6-13/h3-6,9H,7-8H2,1-2H3,(H,19,21,22). The summed E-state index contributed by atoms with van der Waals surface area (Å²) in [6.07, 6.45) is 0.267. The van der Waals surface area contributed by atoms with Crippen LogP contribution in [0.5, 0.6) is 0 Å². The van der Waals surface area contributed by atoms with Gasteiger partial charge in [-0.25, -0.2) is 4.39 Å². The molecule has 0 unspecified atom stereocenters. The molecule has 25 heavy (non-hydrogen) atoms. The van der Waals surface area contributed by atoms with E-state index in [1.807, 2.05) is 6.92 Å². The Bertz CT molecular complexity index is 874. The van der Waals surface area contributed by atoms with E-state index in [9.17, 15) is 9.18 Å². The van der Waals surface area contributed by atoms with Crippen LogP contribution in [0.15, 0.2) is 44.1 Å². The molecule has 130 valence electrons. The predicted molar refractivity (Wildman–Crippen MR) is 91.8 cm³/mol. The highest BCUT2D eigenvalue weighted by molar-refractivity contribution is 7.99. The summed E-state index contributed by atoms with van der Waals surface area (Å²) in [4.78, 5) is 12.8. The number of nitrogens with zero attached hydrogens (tertiary/aromatic N) is 2. The van der Waals surface area contributed by atoms with Gasteiger partial charge in [0.25, 0.3) is 5.89 Å². The van der Waals surface area contributed by atoms with E-state index in [-0.39, 0.29) is 24.2 Å². The number of aromatic nitrogens is 2. The molecule has 8 heteroatoms. The maximum Gasteiger partial charge on any atom is 0.322 e. The molecule has 0 aliphatic rings. The first kappa shape index (κ1) is 17.2. The summed E-state index contributed by atoms with van der Waals surface area (Å²) in [6.45, 7) is 3.63. The Morgan fingerprint density at radius 3 is 2.64 bits per heavy atom. The highest BCUT2D eigenvalue weighted by Gasteiger charge is 2.15. The molecule has 3 aromatic rings. The lowest BCUT2D eigenvalue weighted by Crippen LogP contribution is -2.12. The van der Waals surface area contributed by atoms with Crippen LogP contribution in [0.1, 0.15) is 17.9 Å². The lowest BCUT2D eigenvalue weighted by atomic mass is 10.2. The van der Waals surface area contributed by atoms with E-state index in [1.165, 1.54) is 23.9 Å². The second-order valence-electron chi connectivity index (χ2n) is 5.34. The number of amides is 1. The van der Waals surface area contributed by atoms with Crippen LogP contribution in [0, 0.1) is 19.7 Å². The minimum Gasteiger partial charge on any atom is -0.466 e. The predicted octanol–water partition coefficient (Wildman–Crippen LogP) is 4.21. The molecule has 1 aromatic carbocycles. The van der Waals surface area contributed by atoms with Crippen molar-refractivity contribution in [1.29, 1.82) is 0 Å². The largest absolute Gasteiger partial charge is 0.466 e. The Balaban J connectivity index is 1.51. The van der Waals surface area contributed by atoms with Gasteiger partial charge in [-0.1, -0.05) is 5.10 Å². The molecular formula is C17H16FN3O3S. The second kappa shape index (κ2) is 7.52. The Hall–Kier alpha value is -2.61. The summed E-state index contributed by atoms with van der Waals surface area (Å²) >= 11 is 1.47. The zero-order chi connectivity index (χ0) is 17.8. The summed E-state index contributed by atoms with van der Waals surface area (Å²) < 4.78 is 23.7. The average Bonchev–Trinajstić information content (AvgIpc) is 3.15. The van der Waals surface area contributed by atoms with E-state index >= 15 is 0 Å². The first-order valence-corrected chi connectivity index (χ1v) is 8.59. The molecule has 2 aromatic heterocycles. The van der Waals surface area contributed by atoms with Crippen LogP contribution in [-0.2, 0) is 4.79 Å². The number of anilines is 1. The fourth-order valence-electron chi connectivity index (χ4n) is 2.20. The number of aryl methyl sites for hydroxylation is 2. The normalized spacial score (nSPS) is 10.8. The fraction of sp³-hybridized carbons (Fsp3) is 0.235. The topological polar surface area (TPSA) is 81.2 Å². The molecule has 0 fully saturated rings. The first-order valence-electron chi connectivity index (χ1n) is 7.60. The van der Waals surface area contributed by atoms with Gasteiger partial charge >= 0.3 is 6.01 Å². The van der Waals surface area contributed by atoms with Crippen molar-refractivity contribution in [2.45, 2.75) is 25.2 Å². The number of hydrogen-bond acceptors (Lipinski definition) is 6. The van der Waals surface area contributed by atoms with Gasteiger partial charge in [0, 0.05) is 17.1 Å². The van der Waals surface area contributed by atoms with Crippen molar-refractivity contribution in [3.05, 3.63) is 47.7 Å². The van der Waals surface area contributed by atoms with Crippen LogP contribution in [0.25, 0.3) is 11.5 Å². The molecule has 0 atom stereocenters. The molecule has 0 spiro atoms. The van der Waals surface area contributed by atoms with Crippen LogP contribution < -0.4 is 5.32 Å². The van der Waals surface area contributed by atoms with Crippen molar-refractivity contribution in [2.24, 2.45) is 0 Å². The van der Waals surface area contributed by atoms with Gasteiger partial charge in [-0.15, -0.1) is 16.9 Å². The summed E-state index contributed by atoms with van der Waals surface area (Å²) in [5.74, 6) is 1.76.